The Balaban J connectivity index is 1.31. The maximum atomic E-state index is 12.8. The Morgan fingerprint density at radius 3 is 2.63 bits per heavy atom. The molecule has 3 N–H and O–H groups in total. The molecule has 1 saturated heterocycles. The van der Waals surface area contributed by atoms with Crippen LogP contribution in [0, 0.1) is 19.3 Å². The Kier molecular flexibility index (Phi) is 7.59. The van der Waals surface area contributed by atoms with Gasteiger partial charge in [0.05, 0.1) is 36.7 Å². The van der Waals surface area contributed by atoms with Gasteiger partial charge in [-0.15, -0.1) is 15.9 Å². The monoisotopic (exact) mass is 648 g/mol. The average molecular weight is 649 g/mol. The summed E-state index contributed by atoms with van der Waals surface area (Å²) >= 11 is 0. The fourth-order valence-corrected chi connectivity index (χ4v) is 8.47. The van der Waals surface area contributed by atoms with Gasteiger partial charge in [0, 0.05) is 43.4 Å². The van der Waals surface area contributed by atoms with Crippen LogP contribution < -0.4 is 4.74 Å². The number of rotatable bonds is 7. The van der Waals surface area contributed by atoms with Crippen molar-refractivity contribution in [3.63, 3.8) is 0 Å². The second kappa shape index (κ2) is 11.3. The first-order valence-electron chi connectivity index (χ1n) is 15.7. The Morgan fingerprint density at radius 1 is 1.15 bits per heavy atom. The van der Waals surface area contributed by atoms with Crippen LogP contribution in [0.3, 0.4) is 0 Å². The summed E-state index contributed by atoms with van der Waals surface area (Å²) in [6.07, 6.45) is 6.64. The molecule has 46 heavy (non-hydrogen) atoms. The Labute approximate surface area is 269 Å². The van der Waals surface area contributed by atoms with Crippen molar-refractivity contribution in [1.29, 1.82) is 0 Å². The van der Waals surface area contributed by atoms with E-state index >= 15 is 0 Å². The van der Waals surface area contributed by atoms with Crippen molar-refractivity contribution in [2.24, 2.45) is 5.41 Å². The van der Waals surface area contributed by atoms with Crippen molar-refractivity contribution in [2.75, 3.05) is 19.8 Å². The molecule has 0 bridgehead atoms. The van der Waals surface area contributed by atoms with Gasteiger partial charge >= 0.3 is 5.97 Å². The van der Waals surface area contributed by atoms with Crippen LogP contribution in [0.1, 0.15) is 79.4 Å². The molecular weight excluding hydrogens is 608 g/mol. The molecule has 0 amide bonds. The Morgan fingerprint density at radius 2 is 1.91 bits per heavy atom. The molecule has 2 fully saturated rings. The number of benzene rings is 1. The lowest BCUT2D eigenvalue weighted by Gasteiger charge is -2.44. The van der Waals surface area contributed by atoms with Crippen LogP contribution >= 0.6 is 10.8 Å². The number of pyridine rings is 2. The largest absolute Gasteiger partial charge is 0.481 e. The highest BCUT2D eigenvalue weighted by Crippen LogP contribution is 2.58. The fourth-order valence-electron chi connectivity index (χ4n) is 6.87. The second-order valence-electron chi connectivity index (χ2n) is 13.4. The first-order chi connectivity index (χ1) is 21.9. The molecule has 3 aliphatic rings. The molecule has 4 aromatic rings. The Bertz CT molecular complexity index is 1820. The van der Waals surface area contributed by atoms with E-state index in [1.165, 1.54) is 0 Å². The lowest BCUT2D eigenvalue weighted by molar-refractivity contribution is -0.147. The number of hydrogen-bond acceptors (Lipinski definition) is 10. The van der Waals surface area contributed by atoms with Crippen molar-refractivity contribution in [3.05, 3.63) is 70.7 Å². The van der Waals surface area contributed by atoms with Crippen molar-refractivity contribution in [3.8, 4) is 5.88 Å². The third-order valence-electron chi connectivity index (χ3n) is 9.88. The van der Waals surface area contributed by atoms with Gasteiger partial charge in [0.25, 0.3) is 0 Å². The van der Waals surface area contributed by atoms with Gasteiger partial charge in [0.15, 0.2) is 0 Å². The van der Waals surface area contributed by atoms with Crippen molar-refractivity contribution < 1.29 is 28.5 Å². The quantitative estimate of drug-likeness (QED) is 0.220. The maximum Gasteiger partial charge on any atom is 0.310 e. The lowest BCUT2D eigenvalue weighted by Crippen LogP contribution is -2.49. The van der Waals surface area contributed by atoms with E-state index in [0.717, 1.165) is 46.1 Å². The van der Waals surface area contributed by atoms with Crippen LogP contribution in [0.4, 0.5) is 0 Å². The van der Waals surface area contributed by atoms with Crippen molar-refractivity contribution in [1.82, 2.24) is 29.3 Å². The normalized spacial score (nSPS) is 20.9. The molecule has 244 valence electrons. The molecule has 0 radical (unpaired) electrons. The van der Waals surface area contributed by atoms with Crippen molar-refractivity contribution in [2.45, 2.75) is 82.4 Å². The van der Waals surface area contributed by atoms with E-state index in [1.54, 1.807) is 42.7 Å². The minimum absolute atomic E-state index is 0.156. The molecule has 1 saturated carbocycles. The second-order valence-corrected chi connectivity index (χ2v) is 15.4. The zero-order valence-electron chi connectivity index (χ0n) is 26.5. The van der Waals surface area contributed by atoms with E-state index in [9.17, 15) is 19.0 Å². The van der Waals surface area contributed by atoms with Gasteiger partial charge in [-0.1, -0.05) is 17.3 Å². The van der Waals surface area contributed by atoms with Gasteiger partial charge in [-0.05, 0) is 81.0 Å². The molecular formula is C33H40N6O6S. The van der Waals surface area contributed by atoms with Crippen LogP contribution in [0.15, 0.2) is 47.6 Å². The summed E-state index contributed by atoms with van der Waals surface area (Å²) in [7, 11) is -3.50. The van der Waals surface area contributed by atoms with Gasteiger partial charge in [0.2, 0.25) is 5.88 Å². The van der Waals surface area contributed by atoms with E-state index in [4.69, 9.17) is 14.5 Å². The van der Waals surface area contributed by atoms with E-state index in [0.29, 0.717) is 37.8 Å². The number of aliphatic carboxylic acids is 1. The zero-order chi connectivity index (χ0) is 32.4. The molecule has 5 heterocycles. The molecule has 1 atom stereocenters. The van der Waals surface area contributed by atoms with E-state index in [1.807, 2.05) is 36.7 Å². The molecule has 1 aromatic carbocycles. The standard InChI is InChI=1S/C33H40N6O6S/c1-20-25(9-10-26-29(20)36-37-39(26)24-7-8-24)28(32(3,4)31(40)41)22-16-23(21(2)35-17-22)18-38-19-33(11-14-44-15-12-33)45-30-27(46(38,42)43)6-5-13-34-30/h5-6,9-10,13,16-17,24,28,42-43H,7-8,11-12,14-15,18-19H2,1-4H3,(H,40,41). The first kappa shape index (κ1) is 31.0. The summed E-state index contributed by atoms with van der Waals surface area (Å²) in [6, 6.07) is 9.64. The smallest absolute Gasteiger partial charge is 0.310 e. The highest BCUT2D eigenvalue weighted by Gasteiger charge is 2.46. The number of carboxylic acid groups (broad SMARTS) is 1. The van der Waals surface area contributed by atoms with Crippen molar-refractivity contribution >= 4 is 27.8 Å². The third-order valence-corrected chi connectivity index (χ3v) is 11.8. The van der Waals surface area contributed by atoms with Gasteiger partial charge < -0.3 is 14.6 Å². The number of carboxylic acids is 1. The number of fused-ring (bicyclic) bond motifs is 2. The van der Waals surface area contributed by atoms with Gasteiger partial charge in [-0.2, -0.15) is 4.31 Å². The number of ether oxygens (including phenoxy) is 2. The van der Waals surface area contributed by atoms with E-state index in [2.05, 4.69) is 15.3 Å². The summed E-state index contributed by atoms with van der Waals surface area (Å²) in [4.78, 5) is 22.2. The maximum absolute atomic E-state index is 12.8. The summed E-state index contributed by atoms with van der Waals surface area (Å²) in [6.45, 7) is 8.70. The molecule has 12 nitrogen and oxygen atoms in total. The highest BCUT2D eigenvalue weighted by atomic mass is 32.3. The molecule has 2 aliphatic heterocycles. The molecule has 13 heteroatoms. The minimum Gasteiger partial charge on any atom is -0.481 e. The van der Waals surface area contributed by atoms with E-state index < -0.39 is 33.7 Å². The van der Waals surface area contributed by atoms with Gasteiger partial charge in [-0.3, -0.25) is 18.9 Å². The molecule has 7 rings (SSSR count). The topological polar surface area (TPSA) is 156 Å². The summed E-state index contributed by atoms with van der Waals surface area (Å²) < 4.78 is 39.3. The molecule has 1 aliphatic carbocycles. The predicted octanol–water partition coefficient (Wildman–Crippen LogP) is 5.88. The van der Waals surface area contributed by atoms with Gasteiger partial charge in [0.1, 0.15) is 16.0 Å². The van der Waals surface area contributed by atoms with Crippen LogP contribution in [0.5, 0.6) is 5.88 Å². The summed E-state index contributed by atoms with van der Waals surface area (Å²) in [5.41, 5.74) is 3.71. The van der Waals surface area contributed by atoms with Crippen LogP contribution in [-0.2, 0) is 16.1 Å². The molecule has 1 spiro atoms. The van der Waals surface area contributed by atoms with Crippen LogP contribution in [0.2, 0.25) is 0 Å². The zero-order valence-corrected chi connectivity index (χ0v) is 27.3. The third kappa shape index (κ3) is 5.23. The Hall–Kier alpha value is -3.62. The number of carbonyl (C=O) groups is 1. The predicted molar refractivity (Wildman–Crippen MR) is 172 cm³/mol. The number of hydrogen-bond donors (Lipinski definition) is 3. The average Bonchev–Trinajstić information content (AvgIpc) is 3.78. The number of aromatic nitrogens is 5. The highest BCUT2D eigenvalue weighted by molar-refractivity contribution is 8.22. The fraction of sp³-hybridized carbons (Fsp3) is 0.485. The molecule has 1 unspecified atom stereocenters. The van der Waals surface area contributed by atoms with Gasteiger partial charge in [-0.25, -0.2) is 9.67 Å². The summed E-state index contributed by atoms with van der Waals surface area (Å²) in [5.74, 6) is -1.29. The SMILES string of the molecule is Cc1ncc(C(c2ccc3c(nnn3C3CC3)c2C)C(C)(C)C(=O)O)cc1CN1CC2(CCOCC2)Oc2ncccc2S1(O)O. The van der Waals surface area contributed by atoms with Crippen LogP contribution in [0.25, 0.3) is 11.0 Å². The minimum atomic E-state index is -3.50. The molecule has 3 aromatic heterocycles. The van der Waals surface area contributed by atoms with Crippen LogP contribution in [-0.4, -0.2) is 74.8 Å². The van der Waals surface area contributed by atoms with E-state index in [-0.39, 0.29) is 23.9 Å². The summed E-state index contributed by atoms with van der Waals surface area (Å²) in [5, 5.41) is 19.4. The number of nitrogens with zero attached hydrogens (tertiary/aromatic N) is 6. The first-order valence-corrected chi connectivity index (χ1v) is 17.2. The number of aryl methyl sites for hydroxylation is 2. The lowest BCUT2D eigenvalue weighted by atomic mass is 9.70.